The molecule has 0 radical (unpaired) electrons. The summed E-state index contributed by atoms with van der Waals surface area (Å²) < 4.78 is 7.35. The van der Waals surface area contributed by atoms with Crippen molar-refractivity contribution in [1.29, 1.82) is 5.26 Å². The van der Waals surface area contributed by atoms with Crippen LogP contribution >= 0.6 is 38.5 Å². The molecule has 2 amide bonds. The molecule has 0 saturated heterocycles. The lowest BCUT2D eigenvalue weighted by molar-refractivity contribution is -0.118. The first kappa shape index (κ1) is 23.5. The highest BCUT2D eigenvalue weighted by Gasteiger charge is 2.10. The number of amides is 2. The average Bonchev–Trinajstić information content (AvgIpc) is 2.80. The van der Waals surface area contributed by atoms with Crippen molar-refractivity contribution in [3.05, 3.63) is 92.0 Å². The average molecular weight is 602 g/mol. The number of ether oxygens (including phenoxy) is 1. The third-order valence-electron chi connectivity index (χ3n) is 4.18. The van der Waals surface area contributed by atoms with Gasteiger partial charge in [-0.05, 0) is 82.8 Å². The van der Waals surface area contributed by atoms with Crippen LogP contribution < -0.4 is 15.4 Å². The first-order valence-corrected chi connectivity index (χ1v) is 11.3. The molecule has 8 heteroatoms. The van der Waals surface area contributed by atoms with E-state index >= 15 is 0 Å². The molecular formula is C24H17BrIN3O3. The smallest absolute Gasteiger partial charge is 0.266 e. The van der Waals surface area contributed by atoms with Gasteiger partial charge in [-0.15, -0.1) is 0 Å². The zero-order valence-corrected chi connectivity index (χ0v) is 20.4. The molecule has 0 aliphatic carbocycles. The van der Waals surface area contributed by atoms with Gasteiger partial charge in [0.2, 0.25) is 0 Å². The molecule has 3 rings (SSSR count). The molecule has 32 heavy (non-hydrogen) atoms. The maximum atomic E-state index is 12.4. The van der Waals surface area contributed by atoms with Gasteiger partial charge >= 0.3 is 0 Å². The molecular weight excluding hydrogens is 585 g/mol. The highest BCUT2D eigenvalue weighted by atomic mass is 127. The number of anilines is 2. The van der Waals surface area contributed by atoms with Gasteiger partial charge in [-0.2, -0.15) is 5.26 Å². The summed E-state index contributed by atoms with van der Waals surface area (Å²) in [5, 5.41) is 14.8. The Balaban J connectivity index is 1.57. The van der Waals surface area contributed by atoms with Gasteiger partial charge in [0.15, 0.2) is 6.61 Å². The predicted octanol–water partition coefficient (Wildman–Crippen LogP) is 5.62. The van der Waals surface area contributed by atoms with Gasteiger partial charge in [0.1, 0.15) is 17.4 Å². The highest BCUT2D eigenvalue weighted by Crippen LogP contribution is 2.19. The molecule has 0 atom stereocenters. The van der Waals surface area contributed by atoms with Crippen molar-refractivity contribution in [3.8, 4) is 11.8 Å². The summed E-state index contributed by atoms with van der Waals surface area (Å²) in [5.41, 5.74) is 1.95. The van der Waals surface area contributed by atoms with Gasteiger partial charge in [0.25, 0.3) is 11.8 Å². The van der Waals surface area contributed by atoms with E-state index < -0.39 is 5.91 Å². The Bertz CT molecular complexity index is 1190. The van der Waals surface area contributed by atoms with Crippen LogP contribution in [0.2, 0.25) is 0 Å². The van der Waals surface area contributed by atoms with Gasteiger partial charge in [-0.25, -0.2) is 0 Å². The molecule has 0 fully saturated rings. The Hall–Kier alpha value is -3.16. The molecule has 0 aliphatic heterocycles. The summed E-state index contributed by atoms with van der Waals surface area (Å²) in [6.45, 7) is -0.140. The van der Waals surface area contributed by atoms with E-state index in [1.165, 1.54) is 6.08 Å². The minimum atomic E-state index is -0.498. The van der Waals surface area contributed by atoms with Crippen LogP contribution in [-0.4, -0.2) is 18.4 Å². The summed E-state index contributed by atoms with van der Waals surface area (Å²) in [6, 6.07) is 23.2. The fourth-order valence-corrected chi connectivity index (χ4v) is 3.39. The van der Waals surface area contributed by atoms with Gasteiger partial charge in [-0.1, -0.05) is 40.2 Å². The number of rotatable bonds is 7. The monoisotopic (exact) mass is 601 g/mol. The normalized spacial score (nSPS) is 10.7. The molecule has 0 heterocycles. The molecule has 3 aromatic carbocycles. The molecule has 6 nitrogen and oxygen atoms in total. The number of benzene rings is 3. The van der Waals surface area contributed by atoms with Gasteiger partial charge in [0, 0.05) is 13.7 Å². The quantitative estimate of drug-likeness (QED) is 0.209. The Morgan fingerprint density at radius 1 is 1.00 bits per heavy atom. The van der Waals surface area contributed by atoms with E-state index in [0.717, 1.165) is 13.7 Å². The van der Waals surface area contributed by atoms with Gasteiger partial charge in [0.05, 0.1) is 5.69 Å². The van der Waals surface area contributed by atoms with E-state index in [1.54, 1.807) is 48.5 Å². The second-order valence-electron chi connectivity index (χ2n) is 6.52. The number of carbonyl (C=O) groups excluding carboxylic acids is 2. The third kappa shape index (κ3) is 6.93. The van der Waals surface area contributed by atoms with E-state index in [9.17, 15) is 14.9 Å². The number of nitriles is 1. The first-order chi connectivity index (χ1) is 15.4. The van der Waals surface area contributed by atoms with Crippen molar-refractivity contribution in [2.24, 2.45) is 0 Å². The van der Waals surface area contributed by atoms with Crippen LogP contribution in [0.15, 0.2) is 82.8 Å². The van der Waals surface area contributed by atoms with Crippen LogP contribution in [0, 0.1) is 14.9 Å². The summed E-state index contributed by atoms with van der Waals surface area (Å²) in [5.74, 6) is -0.269. The van der Waals surface area contributed by atoms with Crippen molar-refractivity contribution in [2.45, 2.75) is 0 Å². The van der Waals surface area contributed by atoms with Crippen molar-refractivity contribution in [1.82, 2.24) is 0 Å². The zero-order chi connectivity index (χ0) is 22.9. The van der Waals surface area contributed by atoms with E-state index in [4.69, 9.17) is 4.74 Å². The molecule has 2 N–H and O–H groups in total. The van der Waals surface area contributed by atoms with E-state index in [0.29, 0.717) is 17.0 Å². The van der Waals surface area contributed by atoms with Crippen molar-refractivity contribution < 1.29 is 14.3 Å². The van der Waals surface area contributed by atoms with Crippen LogP contribution in [-0.2, 0) is 9.59 Å². The highest BCUT2D eigenvalue weighted by molar-refractivity contribution is 14.1. The molecule has 0 aromatic heterocycles. The van der Waals surface area contributed by atoms with Crippen LogP contribution in [0.25, 0.3) is 6.08 Å². The van der Waals surface area contributed by atoms with Crippen molar-refractivity contribution >= 4 is 67.8 Å². The standard InChI is InChI=1S/C24H17BrIN3O3/c25-18-7-9-19(10-8-18)28-24(31)17(14-27)13-16-5-11-20(12-6-16)32-15-23(30)29-22-4-2-1-3-21(22)26/h1-13H,15H2,(H,28,31)(H,29,30)/b17-13-. The minimum absolute atomic E-state index is 0.0292. The number of nitrogens with zero attached hydrogens (tertiary/aromatic N) is 1. The zero-order valence-electron chi connectivity index (χ0n) is 16.6. The van der Waals surface area contributed by atoms with Gasteiger partial charge in [-0.3, -0.25) is 9.59 Å². The summed E-state index contributed by atoms with van der Waals surface area (Å²) in [4.78, 5) is 24.5. The number of para-hydroxylation sites is 1. The Kier molecular flexibility index (Phi) is 8.41. The first-order valence-electron chi connectivity index (χ1n) is 9.40. The predicted molar refractivity (Wildman–Crippen MR) is 136 cm³/mol. The molecule has 0 spiro atoms. The number of nitrogens with one attached hydrogen (secondary N) is 2. The second-order valence-corrected chi connectivity index (χ2v) is 8.59. The fourth-order valence-electron chi connectivity index (χ4n) is 2.60. The number of halogens is 2. The second kappa shape index (κ2) is 11.5. The number of hydrogen-bond acceptors (Lipinski definition) is 4. The van der Waals surface area contributed by atoms with E-state index in [2.05, 4.69) is 49.2 Å². The summed E-state index contributed by atoms with van der Waals surface area (Å²) in [7, 11) is 0. The lowest BCUT2D eigenvalue weighted by Gasteiger charge is -2.09. The van der Waals surface area contributed by atoms with Crippen LogP contribution in [0.1, 0.15) is 5.56 Å². The van der Waals surface area contributed by atoms with Gasteiger partial charge < -0.3 is 15.4 Å². The van der Waals surface area contributed by atoms with Crippen LogP contribution in [0.3, 0.4) is 0 Å². The Morgan fingerprint density at radius 2 is 1.69 bits per heavy atom. The van der Waals surface area contributed by atoms with E-state index in [1.807, 2.05) is 30.3 Å². The molecule has 0 aliphatic rings. The number of carbonyl (C=O) groups is 2. The topological polar surface area (TPSA) is 91.2 Å². The molecule has 160 valence electrons. The van der Waals surface area contributed by atoms with Crippen LogP contribution in [0.4, 0.5) is 11.4 Å². The number of hydrogen-bond donors (Lipinski definition) is 2. The third-order valence-corrected chi connectivity index (χ3v) is 5.65. The van der Waals surface area contributed by atoms with Crippen molar-refractivity contribution in [2.75, 3.05) is 17.2 Å². The molecule has 0 unspecified atom stereocenters. The maximum Gasteiger partial charge on any atom is 0.266 e. The largest absolute Gasteiger partial charge is 0.484 e. The van der Waals surface area contributed by atoms with Crippen molar-refractivity contribution in [3.63, 3.8) is 0 Å². The van der Waals surface area contributed by atoms with E-state index in [-0.39, 0.29) is 18.1 Å². The lowest BCUT2D eigenvalue weighted by Crippen LogP contribution is -2.20. The Labute approximate surface area is 207 Å². The molecule has 0 bridgehead atoms. The molecule has 0 saturated carbocycles. The Morgan fingerprint density at radius 3 is 2.34 bits per heavy atom. The van der Waals surface area contributed by atoms with Crippen LogP contribution in [0.5, 0.6) is 5.75 Å². The SMILES string of the molecule is N#C/C(=C/c1ccc(OCC(=O)Nc2ccccc2I)cc1)C(=O)Nc1ccc(Br)cc1. The minimum Gasteiger partial charge on any atom is -0.484 e. The maximum absolute atomic E-state index is 12.4. The fraction of sp³-hybridized carbons (Fsp3) is 0.0417. The molecule has 3 aromatic rings. The summed E-state index contributed by atoms with van der Waals surface area (Å²) in [6.07, 6.45) is 1.49. The lowest BCUT2D eigenvalue weighted by atomic mass is 10.1. The summed E-state index contributed by atoms with van der Waals surface area (Å²) >= 11 is 5.48.